The largest absolute Gasteiger partial charge is 0.480 e. The molecule has 7 atom stereocenters. The van der Waals surface area contributed by atoms with E-state index >= 15 is 0 Å². The minimum atomic E-state index is -1.79. The fourth-order valence-electron chi connectivity index (χ4n) is 4.77. The molecule has 0 aromatic heterocycles. The number of aliphatic hydroxyl groups excluding tert-OH is 3. The number of hydrogen-bond donors (Lipinski definition) is 13. The molecule has 23 nitrogen and oxygen atoms in total. The summed E-state index contributed by atoms with van der Waals surface area (Å²) in [5, 5.41) is 49.2. The van der Waals surface area contributed by atoms with Crippen LogP contribution in [0.3, 0.4) is 0 Å². The van der Waals surface area contributed by atoms with E-state index in [0.29, 0.717) is 6.42 Å². The number of likely N-dealkylation sites (tertiary alicyclic amines) is 1. The highest BCUT2D eigenvalue weighted by atomic mass is 16.4. The Morgan fingerprint density at radius 2 is 1.44 bits per heavy atom. The lowest BCUT2D eigenvalue weighted by molar-refractivity contribution is -0.145. The Balaban J connectivity index is 3.28. The Morgan fingerprint density at radius 3 is 1.96 bits per heavy atom. The summed E-state index contributed by atoms with van der Waals surface area (Å²) in [6.45, 7) is -1.19. The molecule has 1 rings (SSSR count). The lowest BCUT2D eigenvalue weighted by Gasteiger charge is -2.30. The van der Waals surface area contributed by atoms with Crippen LogP contribution in [0.25, 0.3) is 0 Å². The van der Waals surface area contributed by atoms with Gasteiger partial charge in [0.25, 0.3) is 0 Å². The maximum atomic E-state index is 13.8. The van der Waals surface area contributed by atoms with Crippen LogP contribution >= 0.6 is 0 Å². The summed E-state index contributed by atoms with van der Waals surface area (Å²) < 4.78 is 0. The Morgan fingerprint density at radius 1 is 0.840 bits per heavy atom. The van der Waals surface area contributed by atoms with E-state index in [4.69, 9.17) is 22.9 Å². The molecular weight excluding hydrogens is 670 g/mol. The monoisotopic (exact) mass is 717 g/mol. The van der Waals surface area contributed by atoms with Gasteiger partial charge < -0.3 is 74.8 Å². The minimum absolute atomic E-state index is 0.0144. The molecule has 0 aromatic carbocycles. The van der Waals surface area contributed by atoms with Gasteiger partial charge in [0.2, 0.25) is 41.4 Å². The van der Waals surface area contributed by atoms with Crippen molar-refractivity contribution in [2.45, 2.75) is 81.4 Å². The van der Waals surface area contributed by atoms with Crippen LogP contribution in [0.2, 0.25) is 0 Å². The van der Waals surface area contributed by atoms with Gasteiger partial charge >= 0.3 is 5.97 Å². The highest BCUT2D eigenvalue weighted by Gasteiger charge is 2.40. The van der Waals surface area contributed by atoms with Crippen molar-refractivity contribution >= 4 is 53.3 Å². The molecule has 1 aliphatic rings. The minimum Gasteiger partial charge on any atom is -0.480 e. The van der Waals surface area contributed by atoms with Crippen molar-refractivity contribution in [2.75, 3.05) is 32.8 Å². The van der Waals surface area contributed by atoms with Gasteiger partial charge in [-0.2, -0.15) is 0 Å². The van der Waals surface area contributed by atoms with Gasteiger partial charge in [0.05, 0.1) is 32.3 Å². The first-order valence-electron chi connectivity index (χ1n) is 15.4. The number of aliphatic carboxylic acids is 1. The molecule has 0 saturated carbocycles. The number of carboxylic acid groups (broad SMARTS) is 1. The van der Waals surface area contributed by atoms with E-state index < -0.39 is 116 Å². The number of carbonyl (C=O) groups excluding carboxylic acids is 7. The summed E-state index contributed by atoms with van der Waals surface area (Å²) in [7, 11) is 0. The van der Waals surface area contributed by atoms with Crippen LogP contribution in [-0.4, -0.2) is 154 Å². The highest BCUT2D eigenvalue weighted by Crippen LogP contribution is 2.20. The Hall–Kier alpha value is -5.13. The summed E-state index contributed by atoms with van der Waals surface area (Å²) in [6, 6.07) is -9.33. The molecule has 0 aliphatic carbocycles. The number of nitrogens with one attached hydrogen (secondary N) is 5. The molecule has 1 aliphatic heterocycles. The van der Waals surface area contributed by atoms with Crippen molar-refractivity contribution in [1.29, 1.82) is 0 Å². The third-order valence-corrected chi connectivity index (χ3v) is 7.32. The van der Waals surface area contributed by atoms with Gasteiger partial charge in [-0.15, -0.1) is 0 Å². The number of rotatable bonds is 21. The number of nitrogens with two attached hydrogens (primary N) is 4. The molecular formula is C27H47N11O12. The zero-order valence-corrected chi connectivity index (χ0v) is 27.4. The second-order valence-corrected chi connectivity index (χ2v) is 11.2. The van der Waals surface area contributed by atoms with Crippen LogP contribution in [0.1, 0.15) is 39.0 Å². The van der Waals surface area contributed by atoms with Crippen molar-refractivity contribution in [1.82, 2.24) is 31.5 Å². The van der Waals surface area contributed by atoms with E-state index in [0.717, 1.165) is 11.8 Å². The number of carboxylic acids is 1. The predicted molar refractivity (Wildman–Crippen MR) is 171 cm³/mol. The lowest BCUT2D eigenvalue weighted by Crippen LogP contribution is -2.62. The second kappa shape index (κ2) is 21.1. The molecule has 0 radical (unpaired) electrons. The van der Waals surface area contributed by atoms with E-state index in [9.17, 15) is 58.8 Å². The van der Waals surface area contributed by atoms with E-state index in [2.05, 4.69) is 31.6 Å². The zero-order chi connectivity index (χ0) is 38.1. The SMILES string of the molecule is C[C@@H](O)[C@H](NC(=O)[C@H](CO)NC(=O)CN)C(=O)N[C@@H](CC(N)=O)C(=O)N[C@@H](CCCN=C(N)N)C(=O)N1CCC[C@H]1C(=O)N[C@@H](CO)C(=O)O. The quantitative estimate of drug-likeness (QED) is 0.0298. The van der Waals surface area contributed by atoms with Crippen LogP contribution in [0.5, 0.6) is 0 Å². The molecule has 0 aromatic rings. The van der Waals surface area contributed by atoms with Crippen molar-refractivity contribution in [2.24, 2.45) is 27.9 Å². The molecule has 0 spiro atoms. The number of aliphatic imine (C=N–C) groups is 1. The third-order valence-electron chi connectivity index (χ3n) is 7.32. The fourth-order valence-corrected chi connectivity index (χ4v) is 4.77. The van der Waals surface area contributed by atoms with Gasteiger partial charge in [0, 0.05) is 13.1 Å². The molecule has 7 amide bonds. The van der Waals surface area contributed by atoms with Gasteiger partial charge in [-0.1, -0.05) is 0 Å². The Bertz CT molecular complexity index is 1280. The summed E-state index contributed by atoms with van der Waals surface area (Å²) in [5.74, 6) is -8.69. The first-order chi connectivity index (χ1) is 23.5. The summed E-state index contributed by atoms with van der Waals surface area (Å²) in [4.78, 5) is 106. The van der Waals surface area contributed by atoms with Crippen LogP contribution in [0.15, 0.2) is 4.99 Å². The van der Waals surface area contributed by atoms with Crippen LogP contribution in [0, 0.1) is 0 Å². The average Bonchev–Trinajstić information content (AvgIpc) is 3.54. The van der Waals surface area contributed by atoms with Crippen molar-refractivity contribution in [3.63, 3.8) is 0 Å². The number of amides is 7. The van der Waals surface area contributed by atoms with E-state index in [1.165, 1.54) is 0 Å². The normalized spacial score (nSPS) is 17.5. The maximum absolute atomic E-state index is 13.8. The summed E-state index contributed by atoms with van der Waals surface area (Å²) in [6.07, 6.45) is -1.98. The van der Waals surface area contributed by atoms with Gasteiger partial charge in [-0.25, -0.2) is 4.79 Å². The lowest BCUT2D eigenvalue weighted by atomic mass is 10.1. The molecule has 23 heteroatoms. The van der Waals surface area contributed by atoms with Crippen LogP contribution in [0.4, 0.5) is 0 Å². The first-order valence-corrected chi connectivity index (χ1v) is 15.4. The summed E-state index contributed by atoms with van der Waals surface area (Å²) >= 11 is 0. The fraction of sp³-hybridized carbons (Fsp3) is 0.667. The number of carbonyl (C=O) groups is 8. The molecule has 0 unspecified atom stereocenters. The van der Waals surface area contributed by atoms with Crippen molar-refractivity contribution in [3.05, 3.63) is 0 Å². The number of nitrogens with zero attached hydrogens (tertiary/aromatic N) is 2. The molecule has 1 fully saturated rings. The maximum Gasteiger partial charge on any atom is 0.328 e. The van der Waals surface area contributed by atoms with E-state index in [1.54, 1.807) is 0 Å². The third kappa shape index (κ3) is 13.8. The topological polar surface area (TPSA) is 397 Å². The molecule has 1 heterocycles. The standard InChI is InChI=1S/C27H47N11O12/c1-12(41)20(37-22(45)15(10-39)33-19(43)9-28)24(47)35-14(8-18(29)42)21(44)34-13(4-2-6-32-27(30)31)25(48)38-7-3-5-17(38)23(46)36-16(11-40)26(49)50/h12-17,20,39-41H,2-11,28H2,1H3,(H2,29,42)(H,33,43)(H,34,44)(H,35,47)(H,36,46)(H,37,45)(H,49,50)(H4,30,31,32)/t12-,13+,14+,15+,16+,17+,20+/m1/s1. The smallest absolute Gasteiger partial charge is 0.328 e. The number of aliphatic hydroxyl groups is 3. The van der Waals surface area contributed by atoms with Gasteiger partial charge in [0.1, 0.15) is 36.3 Å². The Kier molecular flexibility index (Phi) is 18.1. The van der Waals surface area contributed by atoms with E-state index in [1.807, 2.05) is 0 Å². The highest BCUT2D eigenvalue weighted by molar-refractivity contribution is 5.98. The van der Waals surface area contributed by atoms with Crippen molar-refractivity contribution < 1.29 is 58.8 Å². The van der Waals surface area contributed by atoms with E-state index in [-0.39, 0.29) is 38.3 Å². The second-order valence-electron chi connectivity index (χ2n) is 11.2. The molecule has 17 N–H and O–H groups in total. The number of primary amides is 1. The molecule has 282 valence electrons. The molecule has 50 heavy (non-hydrogen) atoms. The van der Waals surface area contributed by atoms with Gasteiger partial charge in [0.15, 0.2) is 5.96 Å². The van der Waals surface area contributed by atoms with Crippen molar-refractivity contribution in [3.8, 4) is 0 Å². The molecule has 1 saturated heterocycles. The average molecular weight is 718 g/mol. The van der Waals surface area contributed by atoms with Gasteiger partial charge in [-0.3, -0.25) is 38.6 Å². The van der Waals surface area contributed by atoms with Crippen LogP contribution in [-0.2, 0) is 38.4 Å². The number of guanidine groups is 1. The zero-order valence-electron chi connectivity index (χ0n) is 27.4. The van der Waals surface area contributed by atoms with Gasteiger partial charge in [-0.05, 0) is 32.6 Å². The first kappa shape index (κ1) is 42.9. The summed E-state index contributed by atoms with van der Waals surface area (Å²) in [5.41, 5.74) is 21.2. The van der Waals surface area contributed by atoms with Crippen LogP contribution < -0.4 is 49.5 Å². The number of hydrogen-bond acceptors (Lipinski definition) is 13. The predicted octanol–water partition coefficient (Wildman–Crippen LogP) is -8.26. The Labute approximate surface area is 285 Å². The molecule has 0 bridgehead atoms.